The molecule has 0 saturated heterocycles. The number of rotatable bonds is 2. The molecule has 2 heterocycles. The van der Waals surface area contributed by atoms with Gasteiger partial charge < -0.3 is 20.5 Å². The normalized spacial score (nSPS) is 27.3. The summed E-state index contributed by atoms with van der Waals surface area (Å²) in [4.78, 5) is 22.0. The molecule has 0 radical (unpaired) electrons. The molecule has 2 aromatic heterocycles. The zero-order valence-electron chi connectivity index (χ0n) is 9.50. The second-order valence-electron chi connectivity index (χ2n) is 4.72. The van der Waals surface area contributed by atoms with Crippen LogP contribution in [0, 0.1) is 0 Å². The molecule has 8 heteroatoms. The number of hydrogen-bond donors (Lipinski definition) is 4. The zero-order valence-corrected chi connectivity index (χ0v) is 9.50. The lowest BCUT2D eigenvalue weighted by atomic mass is 9.76. The maximum atomic E-state index is 11.6. The first kappa shape index (κ1) is 11.2. The lowest BCUT2D eigenvalue weighted by Crippen LogP contribution is -2.47. The van der Waals surface area contributed by atoms with Crippen LogP contribution in [0.1, 0.15) is 18.9 Å². The molecule has 8 nitrogen and oxygen atoms in total. The molecule has 0 aliphatic heterocycles. The van der Waals surface area contributed by atoms with Gasteiger partial charge in [-0.05, 0) is 12.8 Å². The molecule has 0 bridgehead atoms. The Morgan fingerprint density at radius 2 is 2.33 bits per heavy atom. The summed E-state index contributed by atoms with van der Waals surface area (Å²) in [6.45, 7) is -0.272. The van der Waals surface area contributed by atoms with E-state index in [2.05, 4.69) is 15.0 Å². The molecule has 0 spiro atoms. The highest BCUT2D eigenvalue weighted by atomic mass is 16.3. The van der Waals surface area contributed by atoms with Gasteiger partial charge in [-0.15, -0.1) is 0 Å². The Bertz CT molecular complexity index is 655. The maximum Gasteiger partial charge on any atom is 0.280 e. The van der Waals surface area contributed by atoms with Gasteiger partial charge in [-0.2, -0.15) is 4.98 Å². The van der Waals surface area contributed by atoms with Crippen molar-refractivity contribution in [1.82, 2.24) is 19.5 Å². The second-order valence-corrected chi connectivity index (χ2v) is 4.72. The molecule has 96 valence electrons. The first-order valence-corrected chi connectivity index (χ1v) is 5.58. The number of aliphatic hydroxyl groups excluding tert-OH is 1. The van der Waals surface area contributed by atoms with Crippen LogP contribution in [0.4, 0.5) is 5.95 Å². The summed E-state index contributed by atoms with van der Waals surface area (Å²) >= 11 is 0. The van der Waals surface area contributed by atoms with Crippen molar-refractivity contribution in [2.45, 2.75) is 24.5 Å². The Kier molecular flexibility index (Phi) is 2.19. The quantitative estimate of drug-likeness (QED) is 0.528. The smallest absolute Gasteiger partial charge is 0.280 e. The summed E-state index contributed by atoms with van der Waals surface area (Å²) in [6, 6.07) is -0.0270. The highest BCUT2D eigenvalue weighted by Crippen LogP contribution is 2.41. The Balaban J connectivity index is 2.02. The Morgan fingerprint density at radius 1 is 1.61 bits per heavy atom. The number of fused-ring (bicyclic) bond motifs is 1. The second kappa shape index (κ2) is 3.53. The molecule has 2 aromatic rings. The fourth-order valence-electron chi connectivity index (χ4n) is 2.35. The van der Waals surface area contributed by atoms with E-state index < -0.39 is 5.60 Å². The van der Waals surface area contributed by atoms with E-state index in [1.165, 1.54) is 6.33 Å². The van der Waals surface area contributed by atoms with Crippen molar-refractivity contribution in [3.63, 3.8) is 0 Å². The van der Waals surface area contributed by atoms with E-state index in [1.54, 1.807) is 4.57 Å². The van der Waals surface area contributed by atoms with Crippen molar-refractivity contribution in [2.24, 2.45) is 0 Å². The van der Waals surface area contributed by atoms with Crippen molar-refractivity contribution in [1.29, 1.82) is 0 Å². The molecule has 1 saturated carbocycles. The maximum absolute atomic E-state index is 11.6. The van der Waals surface area contributed by atoms with Gasteiger partial charge in [0.15, 0.2) is 11.2 Å². The van der Waals surface area contributed by atoms with Gasteiger partial charge in [-0.1, -0.05) is 0 Å². The van der Waals surface area contributed by atoms with Gasteiger partial charge in [0.2, 0.25) is 5.95 Å². The molecule has 1 aliphatic rings. The zero-order chi connectivity index (χ0) is 12.9. The number of nitrogen functional groups attached to an aromatic ring is 1. The van der Waals surface area contributed by atoms with E-state index in [9.17, 15) is 9.90 Å². The predicted molar refractivity (Wildman–Crippen MR) is 62.9 cm³/mol. The summed E-state index contributed by atoms with van der Waals surface area (Å²) in [5.74, 6) is 0.0333. The van der Waals surface area contributed by atoms with Crippen LogP contribution in [0.5, 0.6) is 0 Å². The van der Waals surface area contributed by atoms with Crippen LogP contribution in [0.3, 0.4) is 0 Å². The first-order valence-electron chi connectivity index (χ1n) is 5.58. The number of anilines is 1. The number of imidazole rings is 1. The minimum absolute atomic E-state index is 0.0270. The third-order valence-corrected chi connectivity index (χ3v) is 3.37. The molecule has 18 heavy (non-hydrogen) atoms. The van der Waals surface area contributed by atoms with Crippen LogP contribution in [-0.2, 0) is 0 Å². The summed E-state index contributed by atoms with van der Waals surface area (Å²) in [5.41, 5.74) is 4.71. The molecule has 1 fully saturated rings. The van der Waals surface area contributed by atoms with E-state index >= 15 is 0 Å². The molecule has 0 unspecified atom stereocenters. The van der Waals surface area contributed by atoms with E-state index in [-0.39, 0.29) is 29.7 Å². The van der Waals surface area contributed by atoms with Gasteiger partial charge in [0.25, 0.3) is 5.56 Å². The third-order valence-electron chi connectivity index (χ3n) is 3.37. The molecule has 0 amide bonds. The van der Waals surface area contributed by atoms with Crippen LogP contribution in [-0.4, -0.2) is 41.9 Å². The van der Waals surface area contributed by atoms with E-state index in [4.69, 9.17) is 10.8 Å². The number of hydrogen-bond acceptors (Lipinski definition) is 6. The molecule has 0 atom stereocenters. The van der Waals surface area contributed by atoms with Gasteiger partial charge in [0, 0.05) is 6.04 Å². The number of H-pyrrole nitrogens is 1. The SMILES string of the molecule is Nc1nc2c(ncn2C2CC(O)(CO)C2)c(=O)[nH]1. The first-order chi connectivity index (χ1) is 8.52. The van der Waals surface area contributed by atoms with Crippen molar-refractivity contribution in [2.75, 3.05) is 12.3 Å². The van der Waals surface area contributed by atoms with Gasteiger partial charge >= 0.3 is 0 Å². The number of nitrogens with zero attached hydrogens (tertiary/aromatic N) is 3. The third kappa shape index (κ3) is 1.50. The van der Waals surface area contributed by atoms with Gasteiger partial charge in [0.05, 0.1) is 18.5 Å². The minimum Gasteiger partial charge on any atom is -0.393 e. The van der Waals surface area contributed by atoms with Crippen molar-refractivity contribution in [3.05, 3.63) is 16.7 Å². The highest BCUT2D eigenvalue weighted by Gasteiger charge is 2.43. The number of aromatic amines is 1. The van der Waals surface area contributed by atoms with E-state index in [1.807, 2.05) is 0 Å². The standard InChI is InChI=1S/C10H13N5O3/c11-9-13-7-6(8(17)14-9)12-4-15(7)5-1-10(18,2-5)3-16/h4-5,16,18H,1-3H2,(H3,11,13,14,17). The van der Waals surface area contributed by atoms with Crippen molar-refractivity contribution >= 4 is 17.1 Å². The predicted octanol–water partition coefficient (Wildman–Crippen LogP) is -1.24. The lowest BCUT2D eigenvalue weighted by molar-refractivity contribution is -0.101. The van der Waals surface area contributed by atoms with E-state index in [0.717, 1.165) is 0 Å². The summed E-state index contributed by atoms with van der Waals surface area (Å²) in [6.07, 6.45) is 2.32. The number of nitrogens with one attached hydrogen (secondary N) is 1. The Hall–Kier alpha value is -1.93. The largest absolute Gasteiger partial charge is 0.393 e. The lowest BCUT2D eigenvalue weighted by Gasteiger charge is -2.42. The van der Waals surface area contributed by atoms with Crippen LogP contribution in [0.15, 0.2) is 11.1 Å². The van der Waals surface area contributed by atoms with Gasteiger partial charge in [-0.25, -0.2) is 4.98 Å². The van der Waals surface area contributed by atoms with Crippen LogP contribution in [0.25, 0.3) is 11.2 Å². The van der Waals surface area contributed by atoms with Crippen LogP contribution >= 0.6 is 0 Å². The highest BCUT2D eigenvalue weighted by molar-refractivity contribution is 5.70. The molecule has 1 aliphatic carbocycles. The fourth-order valence-corrected chi connectivity index (χ4v) is 2.35. The van der Waals surface area contributed by atoms with Crippen LogP contribution in [0.2, 0.25) is 0 Å². The fraction of sp³-hybridized carbons (Fsp3) is 0.500. The number of aliphatic hydroxyl groups is 2. The Morgan fingerprint density at radius 3 is 3.00 bits per heavy atom. The number of aromatic nitrogens is 4. The molecule has 3 rings (SSSR count). The topological polar surface area (TPSA) is 130 Å². The van der Waals surface area contributed by atoms with Gasteiger partial charge in [0.1, 0.15) is 0 Å². The van der Waals surface area contributed by atoms with Crippen molar-refractivity contribution < 1.29 is 10.2 Å². The molecule has 0 aromatic carbocycles. The summed E-state index contributed by atoms with van der Waals surface area (Å²) < 4.78 is 1.71. The minimum atomic E-state index is -1.03. The summed E-state index contributed by atoms with van der Waals surface area (Å²) in [7, 11) is 0. The number of nitrogens with two attached hydrogens (primary N) is 1. The van der Waals surface area contributed by atoms with E-state index in [0.29, 0.717) is 18.5 Å². The average Bonchev–Trinajstić information content (AvgIpc) is 2.68. The van der Waals surface area contributed by atoms with Gasteiger partial charge in [-0.3, -0.25) is 9.78 Å². The van der Waals surface area contributed by atoms with Crippen LogP contribution < -0.4 is 11.3 Å². The molecular weight excluding hydrogens is 238 g/mol. The van der Waals surface area contributed by atoms with Crippen molar-refractivity contribution in [3.8, 4) is 0 Å². The monoisotopic (exact) mass is 251 g/mol. The average molecular weight is 251 g/mol. The summed E-state index contributed by atoms with van der Waals surface area (Å²) in [5, 5.41) is 18.8. The Labute approximate surface area is 101 Å². The molecular formula is C10H13N5O3. The molecule has 5 N–H and O–H groups in total.